The van der Waals surface area contributed by atoms with E-state index in [0.29, 0.717) is 22.8 Å². The van der Waals surface area contributed by atoms with Crippen LogP contribution in [0.1, 0.15) is 34.6 Å². The van der Waals surface area contributed by atoms with Crippen molar-refractivity contribution in [3.8, 4) is 33.9 Å². The van der Waals surface area contributed by atoms with Crippen molar-refractivity contribution >= 4 is 8.32 Å². The molecule has 0 unspecified atom stereocenters. The highest BCUT2D eigenvalue weighted by atomic mass is 28.4. The second-order valence-corrected chi connectivity index (χ2v) is 14.2. The third kappa shape index (κ3) is 4.93. The van der Waals surface area contributed by atoms with E-state index in [1.807, 2.05) is 74.5 Å². The highest BCUT2D eigenvalue weighted by Crippen LogP contribution is 2.47. The van der Waals surface area contributed by atoms with E-state index in [0.717, 1.165) is 11.1 Å². The largest absolute Gasteiger partial charge is 0.538 e. The van der Waals surface area contributed by atoms with E-state index in [2.05, 4.69) is 33.9 Å². The lowest BCUT2D eigenvalue weighted by Gasteiger charge is -2.37. The highest BCUT2D eigenvalue weighted by Gasteiger charge is 2.41. The van der Waals surface area contributed by atoms with Gasteiger partial charge in [0.25, 0.3) is 8.32 Å². The minimum absolute atomic E-state index is 0.0426. The lowest BCUT2D eigenvalue weighted by atomic mass is 10.0. The van der Waals surface area contributed by atoms with Gasteiger partial charge in [0.15, 0.2) is 17.3 Å². The Morgan fingerprint density at radius 3 is 1.84 bits per heavy atom. The number of rotatable bonds is 6. The minimum Gasteiger partial charge on any atom is -0.538 e. The Hall–Kier alpha value is -2.79. The SMILES string of the molecule is CC(C)Oc1c(O[Si](C)(C)C(C)(C)C)c(-c2ccccc2)oc(=O)c1-c1ccccc1. The first kappa shape index (κ1) is 22.9. The quantitative estimate of drug-likeness (QED) is 0.385. The van der Waals surface area contributed by atoms with Crippen molar-refractivity contribution < 1.29 is 13.6 Å². The zero-order valence-electron chi connectivity index (χ0n) is 19.5. The van der Waals surface area contributed by atoms with E-state index in [9.17, 15) is 4.79 Å². The zero-order chi connectivity index (χ0) is 22.8. The van der Waals surface area contributed by atoms with Crippen molar-refractivity contribution in [3.63, 3.8) is 0 Å². The summed E-state index contributed by atoms with van der Waals surface area (Å²) < 4.78 is 19.0. The lowest BCUT2D eigenvalue weighted by molar-refractivity contribution is 0.233. The standard InChI is InChI=1S/C26H32O4Si/c1-18(2)28-23-21(19-14-10-8-11-15-19)25(27)29-22(20-16-12-9-13-17-20)24(23)30-31(6,7)26(3,4)5/h8-18H,1-7H3. The molecule has 164 valence electrons. The maximum absolute atomic E-state index is 13.2. The maximum Gasteiger partial charge on any atom is 0.348 e. The van der Waals surface area contributed by atoms with Crippen molar-refractivity contribution in [1.82, 2.24) is 0 Å². The Kier molecular flexibility index (Phi) is 6.46. The monoisotopic (exact) mass is 436 g/mol. The molecule has 0 amide bonds. The molecule has 4 nitrogen and oxygen atoms in total. The van der Waals surface area contributed by atoms with Gasteiger partial charge in [0.2, 0.25) is 0 Å². The third-order valence-electron chi connectivity index (χ3n) is 5.65. The van der Waals surface area contributed by atoms with Gasteiger partial charge in [-0.1, -0.05) is 81.4 Å². The number of hydrogen-bond acceptors (Lipinski definition) is 4. The van der Waals surface area contributed by atoms with E-state index in [1.54, 1.807) is 0 Å². The summed E-state index contributed by atoms with van der Waals surface area (Å²) in [5.74, 6) is 1.36. The molecule has 1 aromatic heterocycles. The second kappa shape index (κ2) is 8.75. The molecule has 0 saturated carbocycles. The smallest absolute Gasteiger partial charge is 0.348 e. The molecule has 3 rings (SSSR count). The van der Waals surface area contributed by atoms with Crippen LogP contribution in [0.2, 0.25) is 18.1 Å². The van der Waals surface area contributed by atoms with E-state index < -0.39 is 13.9 Å². The molecule has 31 heavy (non-hydrogen) atoms. The van der Waals surface area contributed by atoms with Gasteiger partial charge in [-0.05, 0) is 37.5 Å². The van der Waals surface area contributed by atoms with Crippen molar-refractivity contribution in [2.24, 2.45) is 0 Å². The Balaban J connectivity index is 2.38. The van der Waals surface area contributed by atoms with Gasteiger partial charge in [0, 0.05) is 5.56 Å². The second-order valence-electron chi connectivity index (χ2n) is 9.51. The fourth-order valence-corrected chi connectivity index (χ4v) is 3.98. The third-order valence-corrected chi connectivity index (χ3v) is 9.98. The van der Waals surface area contributed by atoms with E-state index in [4.69, 9.17) is 13.6 Å². The van der Waals surface area contributed by atoms with Crippen LogP contribution < -0.4 is 14.8 Å². The molecule has 0 radical (unpaired) electrons. The van der Waals surface area contributed by atoms with Crippen LogP contribution in [0.15, 0.2) is 69.9 Å². The van der Waals surface area contributed by atoms with Gasteiger partial charge in [0.05, 0.1) is 6.10 Å². The van der Waals surface area contributed by atoms with E-state index in [-0.39, 0.29) is 11.1 Å². The normalized spacial score (nSPS) is 12.1. The topological polar surface area (TPSA) is 48.7 Å². The molecule has 0 spiro atoms. The molecule has 0 N–H and O–H groups in total. The van der Waals surface area contributed by atoms with Gasteiger partial charge >= 0.3 is 5.63 Å². The Morgan fingerprint density at radius 2 is 1.35 bits per heavy atom. The van der Waals surface area contributed by atoms with Crippen LogP contribution in [0.3, 0.4) is 0 Å². The molecule has 0 atom stereocenters. The number of benzene rings is 2. The van der Waals surface area contributed by atoms with E-state index >= 15 is 0 Å². The van der Waals surface area contributed by atoms with Gasteiger partial charge in [-0.2, -0.15) is 0 Å². The van der Waals surface area contributed by atoms with E-state index in [1.165, 1.54) is 0 Å². The molecular weight excluding hydrogens is 404 g/mol. The number of ether oxygens (including phenoxy) is 1. The average molecular weight is 437 g/mol. The molecule has 2 aromatic carbocycles. The Labute approximate surface area is 186 Å². The Morgan fingerprint density at radius 1 is 0.839 bits per heavy atom. The van der Waals surface area contributed by atoms with Crippen molar-refractivity contribution in [2.75, 3.05) is 0 Å². The van der Waals surface area contributed by atoms with Crippen molar-refractivity contribution in [2.45, 2.75) is 58.9 Å². The summed E-state index contributed by atoms with van der Waals surface area (Å²) in [7, 11) is -2.28. The summed E-state index contributed by atoms with van der Waals surface area (Å²) in [6.07, 6.45) is -0.144. The van der Waals surface area contributed by atoms with Crippen LogP contribution in [0, 0.1) is 0 Å². The first-order valence-corrected chi connectivity index (χ1v) is 13.6. The molecule has 0 aliphatic carbocycles. The predicted octanol–water partition coefficient (Wildman–Crippen LogP) is 7.15. The van der Waals surface area contributed by atoms with Crippen molar-refractivity contribution in [1.29, 1.82) is 0 Å². The highest BCUT2D eigenvalue weighted by molar-refractivity contribution is 6.74. The first-order valence-electron chi connectivity index (χ1n) is 10.7. The van der Waals surface area contributed by atoms with Crippen LogP contribution >= 0.6 is 0 Å². The van der Waals surface area contributed by atoms with Gasteiger partial charge in [0.1, 0.15) is 5.56 Å². The summed E-state index contributed by atoms with van der Waals surface area (Å²) >= 11 is 0. The van der Waals surface area contributed by atoms with Crippen LogP contribution in [0.4, 0.5) is 0 Å². The van der Waals surface area contributed by atoms with Gasteiger partial charge in [-0.25, -0.2) is 4.79 Å². The molecule has 1 heterocycles. The number of hydrogen-bond donors (Lipinski definition) is 0. The molecule has 5 heteroatoms. The molecule has 0 fully saturated rings. The fraction of sp³-hybridized carbons (Fsp3) is 0.346. The molecule has 0 aliphatic rings. The maximum atomic E-state index is 13.2. The zero-order valence-corrected chi connectivity index (χ0v) is 20.5. The van der Waals surface area contributed by atoms with Crippen LogP contribution in [0.5, 0.6) is 11.5 Å². The lowest BCUT2D eigenvalue weighted by Crippen LogP contribution is -2.44. The predicted molar refractivity (Wildman–Crippen MR) is 129 cm³/mol. The molecule has 0 bridgehead atoms. The molecule has 0 saturated heterocycles. The van der Waals surface area contributed by atoms with Crippen LogP contribution in [0.25, 0.3) is 22.5 Å². The Bertz CT molecular complexity index is 1080. The average Bonchev–Trinajstić information content (AvgIpc) is 2.70. The summed E-state index contributed by atoms with van der Waals surface area (Å²) in [5, 5.41) is -0.0426. The minimum atomic E-state index is -2.28. The molecule has 3 aromatic rings. The fourth-order valence-electron chi connectivity index (χ4n) is 2.98. The van der Waals surface area contributed by atoms with Crippen LogP contribution in [-0.2, 0) is 0 Å². The summed E-state index contributed by atoms with van der Waals surface area (Å²) in [6, 6.07) is 19.1. The molecular formula is C26H32O4Si. The van der Waals surface area contributed by atoms with Gasteiger partial charge in [-0.15, -0.1) is 0 Å². The summed E-state index contributed by atoms with van der Waals surface area (Å²) in [5.41, 5.74) is 1.47. The first-order chi connectivity index (χ1) is 14.5. The summed E-state index contributed by atoms with van der Waals surface area (Å²) in [4.78, 5) is 13.2. The van der Waals surface area contributed by atoms with Gasteiger partial charge < -0.3 is 13.6 Å². The van der Waals surface area contributed by atoms with Crippen LogP contribution in [-0.4, -0.2) is 14.4 Å². The summed E-state index contributed by atoms with van der Waals surface area (Å²) in [6.45, 7) is 14.8. The van der Waals surface area contributed by atoms with Gasteiger partial charge in [-0.3, -0.25) is 0 Å². The molecule has 0 aliphatic heterocycles. The van der Waals surface area contributed by atoms with Crippen molar-refractivity contribution in [3.05, 3.63) is 71.1 Å².